The molecule has 0 saturated carbocycles. The molecule has 138 valence electrons. The fraction of sp³-hybridized carbons (Fsp3) is 0.286. The molecule has 0 bridgehead atoms. The molecule has 1 saturated heterocycles. The predicted octanol–water partition coefficient (Wildman–Crippen LogP) is 2.65. The third kappa shape index (κ3) is 3.93. The molecule has 1 aliphatic heterocycles. The summed E-state index contributed by atoms with van der Waals surface area (Å²) < 4.78 is 5.69. The van der Waals surface area contributed by atoms with Gasteiger partial charge in [0.1, 0.15) is 11.8 Å². The van der Waals surface area contributed by atoms with E-state index in [-0.39, 0.29) is 18.4 Å². The highest BCUT2D eigenvalue weighted by molar-refractivity contribution is 5.83. The van der Waals surface area contributed by atoms with Gasteiger partial charge in [-0.15, -0.1) is 0 Å². The van der Waals surface area contributed by atoms with Crippen molar-refractivity contribution in [2.24, 2.45) is 5.92 Å². The van der Waals surface area contributed by atoms with Gasteiger partial charge in [-0.3, -0.25) is 9.59 Å². The minimum atomic E-state index is -0.914. The highest BCUT2D eigenvalue weighted by Crippen LogP contribution is 2.33. The molecule has 1 fully saturated rings. The van der Waals surface area contributed by atoms with E-state index in [0.717, 1.165) is 5.56 Å². The van der Waals surface area contributed by atoms with E-state index < -0.39 is 18.0 Å². The number of para-hydroxylation sites is 1. The van der Waals surface area contributed by atoms with Crippen molar-refractivity contribution in [2.45, 2.75) is 18.9 Å². The summed E-state index contributed by atoms with van der Waals surface area (Å²) in [5.41, 5.74) is 1.26. The van der Waals surface area contributed by atoms with Crippen LogP contribution in [0.25, 0.3) is 0 Å². The minimum Gasteiger partial charge on any atom is -0.481 e. The Bertz CT molecular complexity index is 875. The second-order valence-corrected chi connectivity index (χ2v) is 6.57. The van der Waals surface area contributed by atoms with Crippen molar-refractivity contribution in [1.82, 2.24) is 4.90 Å². The fourth-order valence-electron chi connectivity index (χ4n) is 3.43. The lowest BCUT2D eigenvalue weighted by Gasteiger charge is -2.22. The summed E-state index contributed by atoms with van der Waals surface area (Å²) >= 11 is 0. The van der Waals surface area contributed by atoms with Crippen molar-refractivity contribution < 1.29 is 19.4 Å². The van der Waals surface area contributed by atoms with Crippen molar-refractivity contribution in [1.29, 1.82) is 5.26 Å². The number of likely N-dealkylation sites (tertiary alicyclic amines) is 1. The lowest BCUT2D eigenvalue weighted by atomic mass is 9.89. The molecule has 0 spiro atoms. The van der Waals surface area contributed by atoms with E-state index in [2.05, 4.69) is 0 Å². The number of hydrogen-bond donors (Lipinski definition) is 1. The Morgan fingerprint density at radius 1 is 1.15 bits per heavy atom. The second-order valence-electron chi connectivity index (χ2n) is 6.57. The normalized spacial score (nSPS) is 19.9. The topological polar surface area (TPSA) is 90.6 Å². The lowest BCUT2D eigenvalue weighted by Crippen LogP contribution is -2.39. The molecule has 27 heavy (non-hydrogen) atoms. The Morgan fingerprint density at radius 3 is 2.48 bits per heavy atom. The van der Waals surface area contributed by atoms with Crippen LogP contribution in [0.5, 0.6) is 5.75 Å². The first kappa shape index (κ1) is 18.5. The SMILES string of the molecule is CC(Oc1ccccc1C#N)C(=O)N1CC(C(=O)O)C(c2ccccc2)C1. The summed E-state index contributed by atoms with van der Waals surface area (Å²) in [4.78, 5) is 26.0. The van der Waals surface area contributed by atoms with E-state index in [9.17, 15) is 14.7 Å². The summed E-state index contributed by atoms with van der Waals surface area (Å²) in [7, 11) is 0. The number of carboxylic acid groups (broad SMARTS) is 1. The highest BCUT2D eigenvalue weighted by Gasteiger charge is 2.41. The molecule has 6 nitrogen and oxygen atoms in total. The van der Waals surface area contributed by atoms with Crippen LogP contribution in [0.1, 0.15) is 24.0 Å². The van der Waals surface area contributed by atoms with Gasteiger partial charge in [-0.25, -0.2) is 0 Å². The minimum absolute atomic E-state index is 0.140. The van der Waals surface area contributed by atoms with Gasteiger partial charge >= 0.3 is 5.97 Å². The molecule has 1 N–H and O–H groups in total. The van der Waals surface area contributed by atoms with E-state index in [4.69, 9.17) is 10.00 Å². The quantitative estimate of drug-likeness (QED) is 0.881. The number of nitriles is 1. The van der Waals surface area contributed by atoms with Gasteiger partial charge in [-0.1, -0.05) is 42.5 Å². The zero-order valence-electron chi connectivity index (χ0n) is 14.9. The molecule has 1 amide bonds. The van der Waals surface area contributed by atoms with E-state index >= 15 is 0 Å². The number of aliphatic carboxylic acids is 1. The smallest absolute Gasteiger partial charge is 0.308 e. The molecule has 3 atom stereocenters. The van der Waals surface area contributed by atoms with Crippen LogP contribution >= 0.6 is 0 Å². The lowest BCUT2D eigenvalue weighted by molar-refractivity contribution is -0.142. The number of amides is 1. The van der Waals surface area contributed by atoms with Crippen molar-refractivity contribution in [3.8, 4) is 11.8 Å². The van der Waals surface area contributed by atoms with Crippen molar-refractivity contribution in [2.75, 3.05) is 13.1 Å². The van der Waals surface area contributed by atoms with Crippen LogP contribution in [0.2, 0.25) is 0 Å². The monoisotopic (exact) mass is 364 g/mol. The molecule has 1 aliphatic rings. The predicted molar refractivity (Wildman–Crippen MR) is 98.1 cm³/mol. The number of carbonyl (C=O) groups excluding carboxylic acids is 1. The average Bonchev–Trinajstić information content (AvgIpc) is 3.14. The van der Waals surface area contributed by atoms with Crippen LogP contribution in [-0.4, -0.2) is 41.1 Å². The van der Waals surface area contributed by atoms with Gasteiger partial charge in [0.05, 0.1) is 11.5 Å². The van der Waals surface area contributed by atoms with Gasteiger partial charge in [-0.2, -0.15) is 5.26 Å². The van der Waals surface area contributed by atoms with E-state index in [1.165, 1.54) is 4.90 Å². The molecule has 3 unspecified atom stereocenters. The van der Waals surface area contributed by atoms with E-state index in [0.29, 0.717) is 17.9 Å². The number of carboxylic acids is 1. The van der Waals surface area contributed by atoms with Crippen molar-refractivity contribution in [3.05, 3.63) is 65.7 Å². The number of rotatable bonds is 5. The van der Waals surface area contributed by atoms with Crippen LogP contribution in [-0.2, 0) is 9.59 Å². The zero-order valence-corrected chi connectivity index (χ0v) is 14.9. The zero-order chi connectivity index (χ0) is 19.4. The van der Waals surface area contributed by atoms with Gasteiger partial charge < -0.3 is 14.7 Å². The summed E-state index contributed by atoms with van der Waals surface area (Å²) in [6, 6.07) is 18.1. The maximum absolute atomic E-state index is 12.8. The first-order chi connectivity index (χ1) is 13.0. The maximum atomic E-state index is 12.8. The molecule has 0 aromatic heterocycles. The molecule has 2 aromatic carbocycles. The maximum Gasteiger partial charge on any atom is 0.308 e. The van der Waals surface area contributed by atoms with Crippen LogP contribution in [0, 0.1) is 17.2 Å². The number of nitrogens with zero attached hydrogens (tertiary/aromatic N) is 2. The summed E-state index contributed by atoms with van der Waals surface area (Å²) in [6.07, 6.45) is -0.816. The van der Waals surface area contributed by atoms with Crippen molar-refractivity contribution >= 4 is 11.9 Å². The number of benzene rings is 2. The number of carbonyl (C=O) groups is 2. The van der Waals surface area contributed by atoms with Crippen LogP contribution in [0.15, 0.2) is 54.6 Å². The van der Waals surface area contributed by atoms with E-state index in [1.54, 1.807) is 31.2 Å². The first-order valence-corrected chi connectivity index (χ1v) is 8.73. The van der Waals surface area contributed by atoms with Crippen LogP contribution in [0.4, 0.5) is 0 Å². The molecule has 2 aromatic rings. The molecule has 0 radical (unpaired) electrons. The number of hydrogen-bond acceptors (Lipinski definition) is 4. The third-order valence-electron chi connectivity index (χ3n) is 4.84. The Labute approximate surface area is 157 Å². The Morgan fingerprint density at radius 2 is 1.81 bits per heavy atom. The van der Waals surface area contributed by atoms with Crippen molar-refractivity contribution in [3.63, 3.8) is 0 Å². The summed E-state index contributed by atoms with van der Waals surface area (Å²) in [5.74, 6) is -1.77. The third-order valence-corrected chi connectivity index (χ3v) is 4.84. The number of ether oxygens (including phenoxy) is 1. The molecule has 6 heteroatoms. The molecule has 1 heterocycles. The van der Waals surface area contributed by atoms with Gasteiger partial charge in [-0.05, 0) is 24.6 Å². The van der Waals surface area contributed by atoms with Gasteiger partial charge in [0.15, 0.2) is 6.10 Å². The second kappa shape index (κ2) is 7.92. The standard InChI is InChI=1S/C21H20N2O4/c1-14(27-19-10-6-5-9-16(19)11-22)20(24)23-12-17(18(13-23)21(25)26)15-7-3-2-4-8-15/h2-10,14,17-18H,12-13H2,1H3,(H,25,26). The van der Waals surface area contributed by atoms with E-state index in [1.807, 2.05) is 36.4 Å². The Kier molecular flexibility index (Phi) is 5.41. The first-order valence-electron chi connectivity index (χ1n) is 8.73. The molecule has 3 rings (SSSR count). The summed E-state index contributed by atoms with van der Waals surface area (Å²) in [5, 5.41) is 18.7. The summed E-state index contributed by atoms with van der Waals surface area (Å²) in [6.45, 7) is 2.08. The molecular formula is C21H20N2O4. The largest absolute Gasteiger partial charge is 0.481 e. The molecular weight excluding hydrogens is 344 g/mol. The fourth-order valence-corrected chi connectivity index (χ4v) is 3.43. The Balaban J connectivity index is 1.75. The van der Waals surface area contributed by atoms with Crippen LogP contribution in [0.3, 0.4) is 0 Å². The van der Waals surface area contributed by atoms with Gasteiger partial charge in [0, 0.05) is 19.0 Å². The Hall–Kier alpha value is -3.33. The van der Waals surface area contributed by atoms with Gasteiger partial charge in [0.2, 0.25) is 0 Å². The average molecular weight is 364 g/mol. The highest BCUT2D eigenvalue weighted by atomic mass is 16.5. The van der Waals surface area contributed by atoms with Gasteiger partial charge in [0.25, 0.3) is 5.91 Å². The van der Waals surface area contributed by atoms with Crippen LogP contribution < -0.4 is 4.74 Å². The molecule has 0 aliphatic carbocycles.